The minimum atomic E-state index is -0.0970. The Balaban J connectivity index is 1.49. The van der Waals surface area contributed by atoms with Gasteiger partial charge in [-0.2, -0.15) is 10.2 Å². The fraction of sp³-hybridized carbons (Fsp3) is 0.680. The Morgan fingerprint density at radius 2 is 2.00 bits per heavy atom. The van der Waals surface area contributed by atoms with Crippen molar-refractivity contribution in [1.82, 2.24) is 35.1 Å². The second-order valence-corrected chi connectivity index (χ2v) is 10.2. The van der Waals surface area contributed by atoms with Crippen LogP contribution in [0.1, 0.15) is 73.3 Å². The van der Waals surface area contributed by atoms with E-state index >= 15 is 0 Å². The van der Waals surface area contributed by atoms with Gasteiger partial charge in [-0.25, -0.2) is 0 Å². The predicted molar refractivity (Wildman–Crippen MR) is 130 cm³/mol. The van der Waals surface area contributed by atoms with Crippen molar-refractivity contribution in [2.75, 3.05) is 19.6 Å². The fourth-order valence-electron chi connectivity index (χ4n) is 4.99. The largest absolute Gasteiger partial charge is 0.353 e. The van der Waals surface area contributed by atoms with E-state index in [1.807, 2.05) is 28.8 Å². The third-order valence-corrected chi connectivity index (χ3v) is 6.82. The number of aromatic nitrogens is 4. The van der Waals surface area contributed by atoms with Crippen molar-refractivity contribution < 1.29 is 9.59 Å². The summed E-state index contributed by atoms with van der Waals surface area (Å²) < 4.78 is 3.85. The normalized spacial score (nSPS) is 20.5. The van der Waals surface area contributed by atoms with E-state index in [1.165, 1.54) is 5.69 Å². The van der Waals surface area contributed by atoms with Crippen LogP contribution in [0.3, 0.4) is 0 Å². The summed E-state index contributed by atoms with van der Waals surface area (Å²) in [5.74, 6) is 0.580. The Kier molecular flexibility index (Phi) is 8.03. The SMILES string of the molecule is CC(C)CCn1nc2c3c1CCC(C3)NC(=O)CCCN(Cc1cnn(C)c1)CCCNC2=O. The van der Waals surface area contributed by atoms with Crippen LogP contribution >= 0.6 is 0 Å². The number of nitrogens with zero attached hydrogens (tertiary/aromatic N) is 5. The van der Waals surface area contributed by atoms with Gasteiger partial charge in [0.05, 0.1) is 6.20 Å². The molecule has 0 spiro atoms. The number of aryl methyl sites for hydroxylation is 2. The highest BCUT2D eigenvalue weighted by atomic mass is 16.2. The molecule has 2 aromatic heterocycles. The van der Waals surface area contributed by atoms with E-state index in [4.69, 9.17) is 5.10 Å². The van der Waals surface area contributed by atoms with Crippen LogP contribution in [0.25, 0.3) is 0 Å². The Labute approximate surface area is 202 Å². The number of hydrogen-bond acceptors (Lipinski definition) is 5. The van der Waals surface area contributed by atoms with Crippen LogP contribution in [-0.2, 0) is 37.8 Å². The molecule has 0 fully saturated rings. The van der Waals surface area contributed by atoms with Crippen molar-refractivity contribution in [2.24, 2.45) is 13.0 Å². The summed E-state index contributed by atoms with van der Waals surface area (Å²) in [4.78, 5) is 28.2. The maximum atomic E-state index is 13.1. The van der Waals surface area contributed by atoms with E-state index in [2.05, 4.69) is 34.5 Å². The molecule has 0 saturated carbocycles. The molecule has 9 nitrogen and oxygen atoms in total. The lowest BCUT2D eigenvalue weighted by molar-refractivity contribution is -0.122. The lowest BCUT2D eigenvalue weighted by Crippen LogP contribution is -2.39. The Morgan fingerprint density at radius 3 is 2.76 bits per heavy atom. The van der Waals surface area contributed by atoms with Crippen molar-refractivity contribution in [3.63, 3.8) is 0 Å². The number of fused-ring (bicyclic) bond motifs is 1. The Hall–Kier alpha value is -2.68. The topological polar surface area (TPSA) is 97.1 Å². The van der Waals surface area contributed by atoms with Gasteiger partial charge in [0.15, 0.2) is 5.69 Å². The molecule has 2 amide bonds. The highest BCUT2D eigenvalue weighted by Crippen LogP contribution is 2.26. The molecule has 3 heterocycles. The average molecular weight is 470 g/mol. The molecular weight excluding hydrogens is 430 g/mol. The molecule has 2 aromatic rings. The smallest absolute Gasteiger partial charge is 0.272 e. The van der Waals surface area contributed by atoms with Gasteiger partial charge in [-0.05, 0) is 51.0 Å². The van der Waals surface area contributed by atoms with E-state index in [9.17, 15) is 9.59 Å². The first-order valence-corrected chi connectivity index (χ1v) is 12.7. The highest BCUT2D eigenvalue weighted by molar-refractivity contribution is 5.94. The van der Waals surface area contributed by atoms with Crippen LogP contribution in [0.4, 0.5) is 0 Å². The summed E-state index contributed by atoms with van der Waals surface area (Å²) in [6, 6.07) is 0.0610. The van der Waals surface area contributed by atoms with Gasteiger partial charge in [0.1, 0.15) is 0 Å². The monoisotopic (exact) mass is 469 g/mol. The molecule has 1 aliphatic heterocycles. The second-order valence-electron chi connectivity index (χ2n) is 10.2. The summed E-state index contributed by atoms with van der Waals surface area (Å²) in [7, 11) is 1.92. The standard InChI is InChI=1S/C25H39N7O2/c1-18(2)9-13-32-22-8-7-20-14-21(22)24(29-32)25(34)26-10-5-12-31(11-4-6-23(33)28-20)17-19-15-27-30(3)16-19/h15-16,18,20H,4-14,17H2,1-3H3,(H,26,34)(H,28,33). The van der Waals surface area contributed by atoms with Crippen LogP contribution in [-0.4, -0.2) is 62.0 Å². The van der Waals surface area contributed by atoms with Gasteiger partial charge in [0.25, 0.3) is 5.91 Å². The molecule has 1 atom stereocenters. The first kappa shape index (κ1) is 24.4. The molecule has 1 unspecified atom stereocenters. The lowest BCUT2D eigenvalue weighted by atomic mass is 9.91. The Bertz CT molecular complexity index is 994. The van der Waals surface area contributed by atoms with Gasteiger partial charge in [0.2, 0.25) is 5.91 Å². The fourth-order valence-corrected chi connectivity index (χ4v) is 4.99. The zero-order valence-electron chi connectivity index (χ0n) is 20.8. The molecule has 0 aromatic carbocycles. The summed E-state index contributed by atoms with van der Waals surface area (Å²) in [5.41, 5.74) is 3.89. The number of rotatable bonds is 5. The zero-order valence-corrected chi connectivity index (χ0v) is 20.8. The van der Waals surface area contributed by atoms with Crippen LogP contribution < -0.4 is 10.6 Å². The number of carbonyl (C=O) groups is 2. The minimum absolute atomic E-state index is 0.0610. The van der Waals surface area contributed by atoms with Gasteiger partial charge >= 0.3 is 0 Å². The van der Waals surface area contributed by atoms with Crippen LogP contribution in [0.2, 0.25) is 0 Å². The van der Waals surface area contributed by atoms with Crippen molar-refractivity contribution in [2.45, 2.75) is 77.9 Å². The molecular formula is C25H39N7O2. The van der Waals surface area contributed by atoms with Gasteiger partial charge < -0.3 is 10.6 Å². The van der Waals surface area contributed by atoms with Gasteiger partial charge in [-0.15, -0.1) is 0 Å². The number of nitrogens with one attached hydrogen (secondary N) is 2. The summed E-state index contributed by atoms with van der Waals surface area (Å²) in [5, 5.41) is 15.4. The van der Waals surface area contributed by atoms with Crippen LogP contribution in [0.15, 0.2) is 12.4 Å². The third-order valence-electron chi connectivity index (χ3n) is 6.82. The Morgan fingerprint density at radius 1 is 1.18 bits per heavy atom. The molecule has 9 heteroatoms. The molecule has 4 rings (SSSR count). The minimum Gasteiger partial charge on any atom is -0.353 e. The molecule has 2 N–H and O–H groups in total. The molecule has 186 valence electrons. The van der Waals surface area contributed by atoms with Crippen LogP contribution in [0.5, 0.6) is 0 Å². The van der Waals surface area contributed by atoms with Crippen molar-refractivity contribution >= 4 is 11.8 Å². The van der Waals surface area contributed by atoms with Crippen molar-refractivity contribution in [3.05, 3.63) is 34.9 Å². The molecule has 0 radical (unpaired) electrons. The van der Waals surface area contributed by atoms with Gasteiger partial charge in [-0.1, -0.05) is 13.8 Å². The number of amides is 2. The van der Waals surface area contributed by atoms with E-state index in [-0.39, 0.29) is 17.9 Å². The quantitative estimate of drug-likeness (QED) is 0.699. The number of hydrogen-bond donors (Lipinski definition) is 2. The first-order valence-electron chi connectivity index (χ1n) is 12.7. The summed E-state index contributed by atoms with van der Waals surface area (Å²) in [6.45, 7) is 8.33. The zero-order chi connectivity index (χ0) is 24.1. The molecule has 0 saturated heterocycles. The molecule has 2 bridgehead atoms. The van der Waals surface area contributed by atoms with Crippen molar-refractivity contribution in [1.29, 1.82) is 0 Å². The molecule has 1 aliphatic carbocycles. The second kappa shape index (κ2) is 11.2. The number of carbonyl (C=O) groups excluding carboxylic acids is 2. The lowest BCUT2D eigenvalue weighted by Gasteiger charge is -2.25. The maximum absolute atomic E-state index is 13.1. The predicted octanol–water partition coefficient (Wildman–Crippen LogP) is 2.05. The van der Waals surface area contributed by atoms with E-state index in [0.29, 0.717) is 31.0 Å². The van der Waals surface area contributed by atoms with E-state index < -0.39 is 0 Å². The maximum Gasteiger partial charge on any atom is 0.272 e. The van der Waals surface area contributed by atoms with Crippen LogP contribution in [0, 0.1) is 5.92 Å². The average Bonchev–Trinajstić information content (AvgIpc) is 3.37. The third kappa shape index (κ3) is 6.25. The van der Waals surface area contributed by atoms with Gasteiger partial charge in [0, 0.05) is 68.7 Å². The summed E-state index contributed by atoms with van der Waals surface area (Å²) in [6.07, 6.45) is 9.53. The molecule has 2 aliphatic rings. The molecule has 34 heavy (non-hydrogen) atoms. The van der Waals surface area contributed by atoms with E-state index in [1.54, 1.807) is 0 Å². The van der Waals surface area contributed by atoms with Gasteiger partial charge in [-0.3, -0.25) is 23.9 Å². The van der Waals surface area contributed by atoms with E-state index in [0.717, 1.165) is 69.4 Å². The summed E-state index contributed by atoms with van der Waals surface area (Å²) >= 11 is 0. The highest BCUT2D eigenvalue weighted by Gasteiger charge is 2.30. The van der Waals surface area contributed by atoms with Crippen molar-refractivity contribution in [3.8, 4) is 0 Å². The first-order chi connectivity index (χ1) is 16.4.